The van der Waals surface area contributed by atoms with Crippen LogP contribution in [0.5, 0.6) is 0 Å². The molecule has 2 N–H and O–H groups in total. The first-order valence-electron chi connectivity index (χ1n) is 9.25. The van der Waals surface area contributed by atoms with Crippen molar-refractivity contribution in [3.05, 3.63) is 101 Å². The number of rotatable bonds is 7. The number of hydrogen-bond acceptors (Lipinski definition) is 6. The van der Waals surface area contributed by atoms with E-state index < -0.39 is 9.84 Å². The fraction of sp³-hybridized carbons (Fsp3) is 0.136. The Balaban J connectivity index is 1.64. The Bertz CT molecular complexity index is 1090. The Labute approximate surface area is 175 Å². The highest BCUT2D eigenvalue weighted by Gasteiger charge is 2.24. The van der Waals surface area contributed by atoms with Gasteiger partial charge in [-0.2, -0.15) is 0 Å². The molecule has 7 heteroatoms. The van der Waals surface area contributed by atoms with Crippen LogP contribution in [0.4, 0.5) is 0 Å². The number of pyridine rings is 1. The van der Waals surface area contributed by atoms with Gasteiger partial charge in [0.05, 0.1) is 4.90 Å². The van der Waals surface area contributed by atoms with Gasteiger partial charge >= 0.3 is 0 Å². The normalized spacial score (nSPS) is 15.9. The molecule has 0 bridgehead atoms. The van der Waals surface area contributed by atoms with Crippen molar-refractivity contribution >= 4 is 21.6 Å². The van der Waals surface area contributed by atoms with Gasteiger partial charge in [0, 0.05) is 25.5 Å². The van der Waals surface area contributed by atoms with E-state index in [1.54, 1.807) is 30.0 Å². The van der Waals surface area contributed by atoms with E-state index in [2.05, 4.69) is 15.6 Å². The highest BCUT2D eigenvalue weighted by atomic mass is 32.2. The van der Waals surface area contributed by atoms with Crippen LogP contribution >= 0.6 is 11.8 Å². The van der Waals surface area contributed by atoms with E-state index in [9.17, 15) is 8.42 Å². The molecule has 1 unspecified atom stereocenters. The first-order valence-corrected chi connectivity index (χ1v) is 11.7. The minimum Gasteiger partial charge on any atom is -0.375 e. The summed E-state index contributed by atoms with van der Waals surface area (Å²) in [4.78, 5) is 4.38. The zero-order valence-corrected chi connectivity index (χ0v) is 17.3. The van der Waals surface area contributed by atoms with Crippen molar-refractivity contribution in [1.29, 1.82) is 0 Å². The quantitative estimate of drug-likeness (QED) is 0.598. The summed E-state index contributed by atoms with van der Waals surface area (Å²) < 4.78 is 26.6. The van der Waals surface area contributed by atoms with Crippen molar-refractivity contribution in [2.75, 3.05) is 0 Å². The van der Waals surface area contributed by atoms with E-state index in [1.807, 2.05) is 54.1 Å². The lowest BCUT2D eigenvalue weighted by atomic mass is 10.1. The van der Waals surface area contributed by atoms with E-state index >= 15 is 0 Å². The van der Waals surface area contributed by atoms with Crippen LogP contribution < -0.4 is 10.6 Å². The monoisotopic (exact) mass is 423 g/mol. The van der Waals surface area contributed by atoms with Crippen molar-refractivity contribution in [2.24, 2.45) is 0 Å². The van der Waals surface area contributed by atoms with Gasteiger partial charge in [0.1, 0.15) is 5.37 Å². The molecule has 4 rings (SSSR count). The topological polar surface area (TPSA) is 71.1 Å². The molecule has 2 heterocycles. The summed E-state index contributed by atoms with van der Waals surface area (Å²) in [6.07, 6.45) is 3.37. The second kappa shape index (κ2) is 8.82. The third-order valence-corrected chi connectivity index (χ3v) is 7.34. The summed E-state index contributed by atoms with van der Waals surface area (Å²) in [6.45, 7) is 1.11. The van der Waals surface area contributed by atoms with Gasteiger partial charge < -0.3 is 10.6 Å². The smallest absolute Gasteiger partial charge is 0.224 e. The van der Waals surface area contributed by atoms with Crippen LogP contribution in [0.1, 0.15) is 22.1 Å². The second-order valence-electron chi connectivity index (χ2n) is 6.61. The molecule has 1 aliphatic rings. The van der Waals surface area contributed by atoms with Crippen LogP contribution in [0.3, 0.4) is 0 Å². The number of benzene rings is 2. The Kier molecular flexibility index (Phi) is 5.99. The maximum absolute atomic E-state index is 13.3. The van der Waals surface area contributed by atoms with Crippen LogP contribution in [0, 0.1) is 0 Å². The average Bonchev–Trinajstić information content (AvgIpc) is 3.30. The largest absolute Gasteiger partial charge is 0.375 e. The number of aromatic nitrogens is 1. The van der Waals surface area contributed by atoms with Crippen LogP contribution in [-0.2, 0) is 22.9 Å². The number of sulfone groups is 1. The minimum absolute atomic E-state index is 0.0130. The van der Waals surface area contributed by atoms with Crippen LogP contribution in [0.15, 0.2) is 94.5 Å². The van der Waals surface area contributed by atoms with Gasteiger partial charge in [-0.25, -0.2) is 13.4 Å². The van der Waals surface area contributed by atoms with Crippen molar-refractivity contribution in [1.82, 2.24) is 15.6 Å². The predicted molar refractivity (Wildman–Crippen MR) is 116 cm³/mol. The Hall–Kier alpha value is -2.61. The maximum Gasteiger partial charge on any atom is 0.224 e. The molecular formula is C22H21N3O2S2. The molecule has 1 aliphatic heterocycles. The molecule has 0 aliphatic carbocycles. The van der Waals surface area contributed by atoms with E-state index in [-0.39, 0.29) is 10.4 Å². The fourth-order valence-electron chi connectivity index (χ4n) is 3.15. The molecular weight excluding hydrogens is 402 g/mol. The standard InChI is InChI=1S/C22H21N3O2S2/c26-29(27,21-8-4-5-11-24-21)20-14-18(22-25-12-13-28-22)9-10-19(20)16-23-15-17-6-2-1-3-7-17/h1-14,22-23,25H,15-16H2. The summed E-state index contributed by atoms with van der Waals surface area (Å²) in [5, 5.41) is 8.62. The van der Waals surface area contributed by atoms with Gasteiger partial charge in [-0.3, -0.25) is 0 Å². The van der Waals surface area contributed by atoms with E-state index in [0.717, 1.165) is 16.7 Å². The van der Waals surface area contributed by atoms with Gasteiger partial charge in [0.15, 0.2) is 5.03 Å². The fourth-order valence-corrected chi connectivity index (χ4v) is 5.38. The molecule has 5 nitrogen and oxygen atoms in total. The molecule has 1 atom stereocenters. The zero-order chi connectivity index (χ0) is 20.1. The molecule has 0 radical (unpaired) electrons. The number of nitrogens with zero attached hydrogens (tertiary/aromatic N) is 1. The number of thioether (sulfide) groups is 1. The third kappa shape index (κ3) is 4.53. The third-order valence-electron chi connectivity index (χ3n) is 4.61. The molecule has 1 aromatic heterocycles. The van der Waals surface area contributed by atoms with E-state index in [4.69, 9.17) is 0 Å². The summed E-state index contributed by atoms with van der Waals surface area (Å²) in [7, 11) is -3.73. The van der Waals surface area contributed by atoms with Crippen molar-refractivity contribution in [3.8, 4) is 0 Å². The number of nitrogens with one attached hydrogen (secondary N) is 2. The highest BCUT2D eigenvalue weighted by molar-refractivity contribution is 8.02. The molecule has 0 spiro atoms. The maximum atomic E-state index is 13.3. The average molecular weight is 424 g/mol. The Morgan fingerprint density at radius 2 is 1.83 bits per heavy atom. The van der Waals surface area contributed by atoms with Crippen molar-refractivity contribution in [2.45, 2.75) is 28.4 Å². The molecule has 0 amide bonds. The van der Waals surface area contributed by atoms with Gasteiger partial charge in [-0.15, -0.1) is 11.8 Å². The van der Waals surface area contributed by atoms with Crippen molar-refractivity contribution in [3.63, 3.8) is 0 Å². The summed E-state index contributed by atoms with van der Waals surface area (Å²) in [5.74, 6) is 0. The summed E-state index contributed by atoms with van der Waals surface area (Å²) in [6, 6.07) is 20.6. The molecule has 2 aromatic carbocycles. The lowest BCUT2D eigenvalue weighted by Crippen LogP contribution is -2.17. The van der Waals surface area contributed by atoms with Gasteiger partial charge in [-0.1, -0.05) is 48.5 Å². The minimum atomic E-state index is -3.73. The first-order chi connectivity index (χ1) is 14.1. The molecule has 0 fully saturated rings. The summed E-state index contributed by atoms with van der Waals surface area (Å²) >= 11 is 1.61. The Morgan fingerprint density at radius 3 is 2.55 bits per heavy atom. The lowest BCUT2D eigenvalue weighted by molar-refractivity contribution is 0.589. The van der Waals surface area contributed by atoms with Gasteiger partial charge in [-0.05, 0) is 40.3 Å². The molecule has 0 saturated heterocycles. The van der Waals surface area contributed by atoms with E-state index in [0.29, 0.717) is 18.0 Å². The van der Waals surface area contributed by atoms with Gasteiger partial charge in [0.2, 0.25) is 9.84 Å². The molecule has 148 valence electrons. The first kappa shape index (κ1) is 19.7. The molecule has 29 heavy (non-hydrogen) atoms. The SMILES string of the molecule is O=S(=O)(c1ccccn1)c1cc(C2NC=CS2)ccc1CNCc1ccccc1. The second-order valence-corrected chi connectivity index (χ2v) is 9.49. The van der Waals surface area contributed by atoms with Crippen molar-refractivity contribution < 1.29 is 8.42 Å². The van der Waals surface area contributed by atoms with Gasteiger partial charge in [0.25, 0.3) is 0 Å². The lowest BCUT2D eigenvalue weighted by Gasteiger charge is -2.16. The van der Waals surface area contributed by atoms with Crippen LogP contribution in [0.25, 0.3) is 0 Å². The zero-order valence-electron chi connectivity index (χ0n) is 15.7. The summed E-state index contributed by atoms with van der Waals surface area (Å²) in [5.41, 5.74) is 2.79. The van der Waals surface area contributed by atoms with E-state index in [1.165, 1.54) is 12.3 Å². The number of hydrogen-bond donors (Lipinski definition) is 2. The Morgan fingerprint density at radius 1 is 1.00 bits per heavy atom. The molecule has 3 aromatic rings. The van der Waals surface area contributed by atoms with Crippen LogP contribution in [-0.4, -0.2) is 13.4 Å². The molecule has 0 saturated carbocycles. The predicted octanol–water partition coefficient (Wildman–Crippen LogP) is 4.01. The van der Waals surface area contributed by atoms with Crippen LogP contribution in [0.2, 0.25) is 0 Å². The highest BCUT2D eigenvalue weighted by Crippen LogP contribution is 2.34.